The summed E-state index contributed by atoms with van der Waals surface area (Å²) in [5.41, 5.74) is 5.91. The number of nitrogens with two attached hydrogens (primary N) is 1. The highest BCUT2D eigenvalue weighted by atomic mass is 16.2. The van der Waals surface area contributed by atoms with Gasteiger partial charge in [-0.05, 0) is 31.6 Å². The van der Waals surface area contributed by atoms with E-state index in [1.165, 1.54) is 25.7 Å². The largest absolute Gasteiger partial charge is 0.355 e. The van der Waals surface area contributed by atoms with Crippen LogP contribution in [0.3, 0.4) is 0 Å². The SMILES string of the molecule is CC1(C(=O)NCC2CCCC2N)CCCC1. The lowest BCUT2D eigenvalue weighted by Gasteiger charge is -2.24. The van der Waals surface area contributed by atoms with Crippen molar-refractivity contribution < 1.29 is 4.79 Å². The molecule has 0 saturated heterocycles. The van der Waals surface area contributed by atoms with Crippen molar-refractivity contribution in [3.05, 3.63) is 0 Å². The van der Waals surface area contributed by atoms with Gasteiger partial charge in [-0.1, -0.05) is 26.2 Å². The molecular weight excluding hydrogens is 200 g/mol. The lowest BCUT2D eigenvalue weighted by Crippen LogP contribution is -2.42. The van der Waals surface area contributed by atoms with Crippen molar-refractivity contribution in [1.29, 1.82) is 0 Å². The van der Waals surface area contributed by atoms with Gasteiger partial charge in [-0.25, -0.2) is 0 Å². The number of carbonyl (C=O) groups excluding carboxylic acids is 1. The van der Waals surface area contributed by atoms with E-state index in [1.54, 1.807) is 0 Å². The van der Waals surface area contributed by atoms with Crippen LogP contribution in [0.25, 0.3) is 0 Å². The van der Waals surface area contributed by atoms with E-state index in [0.717, 1.165) is 25.8 Å². The number of hydrogen-bond acceptors (Lipinski definition) is 2. The van der Waals surface area contributed by atoms with E-state index >= 15 is 0 Å². The smallest absolute Gasteiger partial charge is 0.225 e. The van der Waals surface area contributed by atoms with Crippen LogP contribution in [0.15, 0.2) is 0 Å². The second-order valence-corrected chi connectivity index (χ2v) is 5.83. The molecule has 3 N–H and O–H groups in total. The average Bonchev–Trinajstić information content (AvgIpc) is 2.85. The van der Waals surface area contributed by atoms with E-state index in [9.17, 15) is 4.79 Å². The zero-order valence-electron chi connectivity index (χ0n) is 10.3. The molecule has 0 aromatic carbocycles. The Hall–Kier alpha value is -0.570. The van der Waals surface area contributed by atoms with Crippen LogP contribution in [0.2, 0.25) is 0 Å². The first-order valence-electron chi connectivity index (χ1n) is 6.66. The van der Waals surface area contributed by atoms with Crippen LogP contribution in [0.1, 0.15) is 51.9 Å². The molecule has 92 valence electrons. The van der Waals surface area contributed by atoms with E-state index in [4.69, 9.17) is 5.73 Å². The summed E-state index contributed by atoms with van der Waals surface area (Å²) in [6.07, 6.45) is 8.03. The molecular formula is C13H24N2O. The third kappa shape index (κ3) is 2.40. The van der Waals surface area contributed by atoms with Crippen LogP contribution in [-0.4, -0.2) is 18.5 Å². The summed E-state index contributed by atoms with van der Waals surface area (Å²) >= 11 is 0. The van der Waals surface area contributed by atoms with Crippen molar-refractivity contribution in [2.75, 3.05) is 6.54 Å². The van der Waals surface area contributed by atoms with E-state index < -0.39 is 0 Å². The minimum Gasteiger partial charge on any atom is -0.355 e. The number of nitrogens with one attached hydrogen (secondary N) is 1. The summed E-state index contributed by atoms with van der Waals surface area (Å²) in [5.74, 6) is 0.762. The molecule has 0 radical (unpaired) electrons. The molecule has 2 aliphatic rings. The molecule has 0 aromatic heterocycles. The van der Waals surface area contributed by atoms with E-state index in [2.05, 4.69) is 12.2 Å². The van der Waals surface area contributed by atoms with Gasteiger partial charge in [0.25, 0.3) is 0 Å². The van der Waals surface area contributed by atoms with Gasteiger partial charge in [0, 0.05) is 18.0 Å². The normalized spacial score (nSPS) is 32.9. The number of amides is 1. The van der Waals surface area contributed by atoms with Crippen LogP contribution < -0.4 is 11.1 Å². The van der Waals surface area contributed by atoms with Gasteiger partial charge in [-0.15, -0.1) is 0 Å². The minimum atomic E-state index is -0.0945. The molecule has 2 fully saturated rings. The average molecular weight is 224 g/mol. The molecule has 0 spiro atoms. The fourth-order valence-corrected chi connectivity index (χ4v) is 3.14. The third-order valence-electron chi connectivity index (χ3n) is 4.50. The van der Waals surface area contributed by atoms with Crippen molar-refractivity contribution in [3.8, 4) is 0 Å². The molecule has 1 amide bonds. The van der Waals surface area contributed by atoms with Crippen molar-refractivity contribution in [2.24, 2.45) is 17.1 Å². The zero-order valence-corrected chi connectivity index (χ0v) is 10.3. The van der Waals surface area contributed by atoms with Gasteiger partial charge in [0.1, 0.15) is 0 Å². The van der Waals surface area contributed by atoms with Gasteiger partial charge in [-0.3, -0.25) is 4.79 Å². The molecule has 2 saturated carbocycles. The quantitative estimate of drug-likeness (QED) is 0.768. The molecule has 2 rings (SSSR count). The first kappa shape index (κ1) is 11.9. The van der Waals surface area contributed by atoms with Crippen LogP contribution in [0.4, 0.5) is 0 Å². The molecule has 0 aliphatic heterocycles. The molecule has 3 heteroatoms. The standard InChI is InChI=1S/C13H24N2O/c1-13(7-2-3-8-13)12(16)15-9-10-5-4-6-11(10)14/h10-11H,2-9,14H2,1H3,(H,15,16). The predicted molar refractivity (Wildman–Crippen MR) is 64.9 cm³/mol. The first-order valence-corrected chi connectivity index (χ1v) is 6.66. The van der Waals surface area contributed by atoms with Gasteiger partial charge >= 0.3 is 0 Å². The summed E-state index contributed by atoms with van der Waals surface area (Å²) in [5, 5.41) is 3.12. The number of hydrogen-bond donors (Lipinski definition) is 2. The monoisotopic (exact) mass is 224 g/mol. The lowest BCUT2D eigenvalue weighted by atomic mass is 9.87. The minimum absolute atomic E-state index is 0.0945. The summed E-state index contributed by atoms with van der Waals surface area (Å²) < 4.78 is 0. The van der Waals surface area contributed by atoms with E-state index in [0.29, 0.717) is 12.0 Å². The zero-order chi connectivity index (χ0) is 11.6. The highest BCUT2D eigenvalue weighted by Gasteiger charge is 2.36. The van der Waals surface area contributed by atoms with Crippen LogP contribution in [0, 0.1) is 11.3 Å². The summed E-state index contributed by atoms with van der Waals surface area (Å²) in [4.78, 5) is 12.1. The Morgan fingerprint density at radius 3 is 2.56 bits per heavy atom. The molecule has 16 heavy (non-hydrogen) atoms. The molecule has 2 atom stereocenters. The Balaban J connectivity index is 1.79. The fourth-order valence-electron chi connectivity index (χ4n) is 3.14. The molecule has 2 aliphatic carbocycles. The van der Waals surface area contributed by atoms with Crippen molar-refractivity contribution in [3.63, 3.8) is 0 Å². The van der Waals surface area contributed by atoms with Gasteiger partial charge in [0.15, 0.2) is 0 Å². The summed E-state index contributed by atoms with van der Waals surface area (Å²) in [6, 6.07) is 0.302. The Labute approximate surface area is 98.2 Å². The molecule has 2 unspecified atom stereocenters. The second kappa shape index (κ2) is 4.74. The molecule has 0 bridgehead atoms. The van der Waals surface area contributed by atoms with Gasteiger partial charge in [-0.2, -0.15) is 0 Å². The maximum Gasteiger partial charge on any atom is 0.225 e. The summed E-state index contributed by atoms with van der Waals surface area (Å²) in [6.45, 7) is 2.89. The molecule has 0 heterocycles. The van der Waals surface area contributed by atoms with Crippen LogP contribution in [-0.2, 0) is 4.79 Å². The van der Waals surface area contributed by atoms with Gasteiger partial charge in [0.2, 0.25) is 5.91 Å². The second-order valence-electron chi connectivity index (χ2n) is 5.83. The van der Waals surface area contributed by atoms with E-state index in [-0.39, 0.29) is 11.3 Å². The van der Waals surface area contributed by atoms with Gasteiger partial charge < -0.3 is 11.1 Å². The van der Waals surface area contributed by atoms with Gasteiger partial charge in [0.05, 0.1) is 0 Å². The van der Waals surface area contributed by atoms with Crippen LogP contribution in [0.5, 0.6) is 0 Å². The van der Waals surface area contributed by atoms with Crippen LogP contribution >= 0.6 is 0 Å². The number of rotatable bonds is 3. The highest BCUT2D eigenvalue weighted by molar-refractivity contribution is 5.82. The molecule has 0 aromatic rings. The van der Waals surface area contributed by atoms with Crippen molar-refractivity contribution in [2.45, 2.75) is 57.9 Å². The Morgan fingerprint density at radius 2 is 2.00 bits per heavy atom. The van der Waals surface area contributed by atoms with E-state index in [1.807, 2.05) is 0 Å². The fraction of sp³-hybridized carbons (Fsp3) is 0.923. The Kier molecular flexibility index (Phi) is 3.53. The molecule has 3 nitrogen and oxygen atoms in total. The number of carbonyl (C=O) groups is 1. The third-order valence-corrected chi connectivity index (χ3v) is 4.50. The highest BCUT2D eigenvalue weighted by Crippen LogP contribution is 2.37. The topological polar surface area (TPSA) is 55.1 Å². The van der Waals surface area contributed by atoms with Crippen molar-refractivity contribution >= 4 is 5.91 Å². The maximum absolute atomic E-state index is 12.1. The Bertz CT molecular complexity index is 259. The maximum atomic E-state index is 12.1. The Morgan fingerprint density at radius 1 is 1.31 bits per heavy atom. The van der Waals surface area contributed by atoms with Crippen molar-refractivity contribution in [1.82, 2.24) is 5.32 Å². The lowest BCUT2D eigenvalue weighted by molar-refractivity contribution is -0.130. The predicted octanol–water partition coefficient (Wildman–Crippen LogP) is 1.81. The first-order chi connectivity index (χ1) is 7.62. The summed E-state index contributed by atoms with van der Waals surface area (Å²) in [7, 11) is 0.